The molecule has 0 radical (unpaired) electrons. The van der Waals surface area contributed by atoms with Gasteiger partial charge in [-0.05, 0) is 55.9 Å². The molecular weight excluding hydrogens is 284 g/mol. The number of carbonyl (C=O) groups excluding carboxylic acids is 1. The molecule has 0 atom stereocenters. The number of nitrogens with one attached hydrogen (secondary N) is 2. The second kappa shape index (κ2) is 5.14. The first-order chi connectivity index (χ1) is 10.1. The topological polar surface area (TPSA) is 58.9 Å². The Hall–Kier alpha value is -2.47. The highest BCUT2D eigenvalue weighted by atomic mass is 32.1. The van der Waals surface area contributed by atoms with Crippen LogP contribution in [-0.2, 0) is 4.79 Å². The Morgan fingerprint density at radius 2 is 2.14 bits per heavy atom. The van der Waals surface area contributed by atoms with Crippen molar-refractivity contribution < 1.29 is 4.79 Å². The van der Waals surface area contributed by atoms with Crippen LogP contribution in [0, 0.1) is 13.8 Å². The van der Waals surface area contributed by atoms with Crippen molar-refractivity contribution in [2.75, 3.05) is 0 Å². The van der Waals surface area contributed by atoms with Gasteiger partial charge < -0.3 is 9.88 Å². The van der Waals surface area contributed by atoms with Crippen LogP contribution in [0.4, 0.5) is 0 Å². The van der Waals surface area contributed by atoms with Crippen LogP contribution in [0.15, 0.2) is 36.3 Å². The highest BCUT2D eigenvalue weighted by Crippen LogP contribution is 2.22. The summed E-state index contributed by atoms with van der Waals surface area (Å²) < 4.78 is 2.10. The zero-order valence-corrected chi connectivity index (χ0v) is 12.5. The van der Waals surface area contributed by atoms with E-state index in [1.54, 1.807) is 6.20 Å². The number of pyridine rings is 1. The molecule has 3 heterocycles. The molecule has 1 aliphatic heterocycles. The lowest BCUT2D eigenvalue weighted by molar-refractivity contribution is -0.115. The van der Waals surface area contributed by atoms with Gasteiger partial charge in [-0.15, -0.1) is 0 Å². The van der Waals surface area contributed by atoms with Crippen LogP contribution < -0.4 is 10.6 Å². The van der Waals surface area contributed by atoms with E-state index in [1.807, 2.05) is 44.3 Å². The number of thiocarbonyl (C=S) groups is 1. The maximum atomic E-state index is 11.7. The molecule has 2 aromatic heterocycles. The van der Waals surface area contributed by atoms with Crippen molar-refractivity contribution in [3.8, 4) is 5.69 Å². The third-order valence-corrected chi connectivity index (χ3v) is 3.60. The van der Waals surface area contributed by atoms with E-state index in [1.165, 1.54) is 0 Å². The fraction of sp³-hybridized carbons (Fsp3) is 0.133. The number of hydrogen-bond acceptors (Lipinski definition) is 3. The maximum absolute atomic E-state index is 11.7. The van der Waals surface area contributed by atoms with Crippen molar-refractivity contribution >= 4 is 29.3 Å². The molecule has 6 heteroatoms. The minimum atomic E-state index is -0.203. The molecule has 2 aromatic rings. The highest BCUT2D eigenvalue weighted by Gasteiger charge is 2.21. The predicted octanol–water partition coefficient (Wildman–Crippen LogP) is 1.83. The van der Waals surface area contributed by atoms with Gasteiger partial charge in [0.05, 0.1) is 11.9 Å². The molecule has 0 aliphatic carbocycles. The summed E-state index contributed by atoms with van der Waals surface area (Å²) in [5.41, 5.74) is 4.55. The molecule has 0 saturated carbocycles. The largest absolute Gasteiger partial charge is 0.328 e. The number of hydrogen-bond donors (Lipinski definition) is 2. The van der Waals surface area contributed by atoms with Crippen LogP contribution in [-0.4, -0.2) is 20.6 Å². The van der Waals surface area contributed by atoms with E-state index in [0.29, 0.717) is 10.8 Å². The first kappa shape index (κ1) is 13.5. The van der Waals surface area contributed by atoms with Crippen molar-refractivity contribution in [2.24, 2.45) is 0 Å². The number of carbonyl (C=O) groups is 1. The Bertz CT molecular complexity index is 761. The van der Waals surface area contributed by atoms with Gasteiger partial charge in [0.1, 0.15) is 5.70 Å². The first-order valence-electron chi connectivity index (χ1n) is 6.49. The van der Waals surface area contributed by atoms with E-state index in [0.717, 1.165) is 22.6 Å². The number of nitrogens with zero attached hydrogens (tertiary/aromatic N) is 2. The summed E-state index contributed by atoms with van der Waals surface area (Å²) >= 11 is 4.93. The van der Waals surface area contributed by atoms with E-state index < -0.39 is 0 Å². The fourth-order valence-electron chi connectivity index (χ4n) is 2.45. The number of rotatable bonds is 2. The fourth-order valence-corrected chi connectivity index (χ4v) is 2.66. The summed E-state index contributed by atoms with van der Waals surface area (Å²) in [4.78, 5) is 15.9. The van der Waals surface area contributed by atoms with Gasteiger partial charge >= 0.3 is 0 Å². The normalized spacial score (nSPS) is 16.2. The van der Waals surface area contributed by atoms with Gasteiger partial charge in [0.2, 0.25) is 0 Å². The van der Waals surface area contributed by atoms with E-state index >= 15 is 0 Å². The summed E-state index contributed by atoms with van der Waals surface area (Å²) in [6.45, 7) is 4.03. The van der Waals surface area contributed by atoms with Gasteiger partial charge in [-0.2, -0.15) is 0 Å². The third-order valence-electron chi connectivity index (χ3n) is 3.39. The second-order valence-electron chi connectivity index (χ2n) is 4.84. The Labute approximate surface area is 127 Å². The van der Waals surface area contributed by atoms with Crippen LogP contribution in [0.25, 0.3) is 11.8 Å². The van der Waals surface area contributed by atoms with Gasteiger partial charge in [-0.25, -0.2) is 0 Å². The molecular formula is C15H14N4OS. The smallest absolute Gasteiger partial charge is 0.273 e. The molecule has 5 nitrogen and oxygen atoms in total. The minimum Gasteiger partial charge on any atom is -0.328 e. The van der Waals surface area contributed by atoms with Crippen LogP contribution in [0.5, 0.6) is 0 Å². The SMILES string of the molecule is Cc1cc(/C=C2\NC(=S)NC2=O)c(C)n1-c1cccnc1. The molecule has 0 bridgehead atoms. The van der Waals surface area contributed by atoms with Crippen molar-refractivity contribution in [1.82, 2.24) is 20.2 Å². The summed E-state index contributed by atoms with van der Waals surface area (Å²) in [6.07, 6.45) is 5.37. The number of aromatic nitrogens is 2. The van der Waals surface area contributed by atoms with E-state index in [-0.39, 0.29) is 5.91 Å². The van der Waals surface area contributed by atoms with Crippen molar-refractivity contribution in [3.05, 3.63) is 53.2 Å². The Morgan fingerprint density at radius 1 is 1.33 bits per heavy atom. The molecule has 2 N–H and O–H groups in total. The second-order valence-corrected chi connectivity index (χ2v) is 5.25. The summed E-state index contributed by atoms with van der Waals surface area (Å²) in [7, 11) is 0. The molecule has 3 rings (SSSR count). The molecule has 0 spiro atoms. The average molecular weight is 298 g/mol. The van der Waals surface area contributed by atoms with Crippen LogP contribution in [0.1, 0.15) is 17.0 Å². The third kappa shape index (κ3) is 2.45. The van der Waals surface area contributed by atoms with Gasteiger partial charge in [0.25, 0.3) is 5.91 Å². The Morgan fingerprint density at radius 3 is 2.76 bits per heavy atom. The van der Waals surface area contributed by atoms with Crippen LogP contribution in [0.3, 0.4) is 0 Å². The molecule has 1 fully saturated rings. The van der Waals surface area contributed by atoms with Gasteiger partial charge in [-0.3, -0.25) is 15.1 Å². The molecule has 21 heavy (non-hydrogen) atoms. The lowest BCUT2D eigenvalue weighted by Gasteiger charge is -2.08. The standard InChI is InChI=1S/C15H14N4OS/c1-9-6-11(7-13-14(20)18-15(21)17-13)10(2)19(9)12-4-3-5-16-8-12/h3-8H,1-2H3,(H2,17,18,20,21)/b13-7-. The molecule has 1 aliphatic rings. The molecule has 0 unspecified atom stereocenters. The van der Waals surface area contributed by atoms with Gasteiger partial charge in [-0.1, -0.05) is 0 Å². The summed E-state index contributed by atoms with van der Waals surface area (Å²) in [5, 5.41) is 5.75. The van der Waals surface area contributed by atoms with Crippen LogP contribution in [0.2, 0.25) is 0 Å². The molecule has 106 valence electrons. The van der Waals surface area contributed by atoms with E-state index in [4.69, 9.17) is 12.2 Å². The zero-order chi connectivity index (χ0) is 15.0. The quantitative estimate of drug-likeness (QED) is 0.656. The van der Waals surface area contributed by atoms with Crippen molar-refractivity contribution in [1.29, 1.82) is 0 Å². The molecule has 1 amide bonds. The highest BCUT2D eigenvalue weighted by molar-refractivity contribution is 7.80. The van der Waals surface area contributed by atoms with Gasteiger partial charge in [0, 0.05) is 17.6 Å². The number of amides is 1. The zero-order valence-electron chi connectivity index (χ0n) is 11.7. The maximum Gasteiger partial charge on any atom is 0.273 e. The van der Waals surface area contributed by atoms with E-state index in [9.17, 15) is 4.79 Å². The molecule has 0 aromatic carbocycles. The minimum absolute atomic E-state index is 0.203. The average Bonchev–Trinajstić information content (AvgIpc) is 2.91. The lowest BCUT2D eigenvalue weighted by atomic mass is 10.2. The number of aryl methyl sites for hydroxylation is 1. The van der Waals surface area contributed by atoms with Crippen molar-refractivity contribution in [2.45, 2.75) is 13.8 Å². The summed E-state index contributed by atoms with van der Waals surface area (Å²) in [5.74, 6) is -0.203. The predicted molar refractivity (Wildman–Crippen MR) is 84.9 cm³/mol. The monoisotopic (exact) mass is 298 g/mol. The van der Waals surface area contributed by atoms with Crippen molar-refractivity contribution in [3.63, 3.8) is 0 Å². The Kier molecular flexibility index (Phi) is 3.31. The van der Waals surface area contributed by atoms with Crippen LogP contribution >= 0.6 is 12.2 Å². The summed E-state index contributed by atoms with van der Waals surface area (Å²) in [6, 6.07) is 5.93. The Balaban J connectivity index is 2.05. The molecule has 1 saturated heterocycles. The van der Waals surface area contributed by atoms with E-state index in [2.05, 4.69) is 20.2 Å². The lowest BCUT2D eigenvalue weighted by Crippen LogP contribution is -2.21. The van der Waals surface area contributed by atoms with Gasteiger partial charge in [0.15, 0.2) is 5.11 Å². The first-order valence-corrected chi connectivity index (χ1v) is 6.90.